The molecule has 0 radical (unpaired) electrons. The SMILES string of the molecule is NC(Cc1cccs1)C1(N2CCCCC2)CCCC1. The molecular weight excluding hydrogens is 252 g/mol. The molecule has 0 aromatic carbocycles. The number of nitrogens with two attached hydrogens (primary N) is 1. The van der Waals surface area contributed by atoms with E-state index < -0.39 is 0 Å². The highest BCUT2D eigenvalue weighted by Crippen LogP contribution is 2.40. The Balaban J connectivity index is 1.75. The maximum atomic E-state index is 6.70. The van der Waals surface area contributed by atoms with Crippen molar-refractivity contribution in [3.63, 3.8) is 0 Å². The molecule has 0 amide bonds. The van der Waals surface area contributed by atoms with Crippen molar-refractivity contribution in [2.45, 2.75) is 62.9 Å². The summed E-state index contributed by atoms with van der Waals surface area (Å²) in [4.78, 5) is 4.21. The molecule has 0 spiro atoms. The predicted octanol–water partition coefficient (Wildman–Crippen LogP) is 3.42. The number of hydrogen-bond donors (Lipinski definition) is 1. The molecule has 3 rings (SSSR count). The van der Waals surface area contributed by atoms with Gasteiger partial charge in [-0.2, -0.15) is 0 Å². The molecule has 1 aromatic heterocycles. The molecule has 2 heterocycles. The molecular formula is C16H26N2S. The van der Waals surface area contributed by atoms with Crippen LogP contribution >= 0.6 is 11.3 Å². The Bertz CT molecular complexity index is 375. The van der Waals surface area contributed by atoms with E-state index in [0.29, 0.717) is 11.6 Å². The van der Waals surface area contributed by atoms with E-state index in [1.807, 2.05) is 11.3 Å². The van der Waals surface area contributed by atoms with Crippen LogP contribution in [0.2, 0.25) is 0 Å². The minimum atomic E-state index is 0.310. The zero-order chi connectivity index (χ0) is 13.1. The number of rotatable bonds is 4. The summed E-state index contributed by atoms with van der Waals surface area (Å²) in [6, 6.07) is 4.70. The monoisotopic (exact) mass is 278 g/mol. The van der Waals surface area contributed by atoms with Gasteiger partial charge in [-0.3, -0.25) is 4.90 Å². The van der Waals surface area contributed by atoms with Gasteiger partial charge in [-0.25, -0.2) is 0 Å². The van der Waals surface area contributed by atoms with Crippen LogP contribution in [0.5, 0.6) is 0 Å². The van der Waals surface area contributed by atoms with Crippen LogP contribution in [0, 0.1) is 0 Å². The van der Waals surface area contributed by atoms with Gasteiger partial charge in [-0.05, 0) is 56.6 Å². The fraction of sp³-hybridized carbons (Fsp3) is 0.750. The Kier molecular flexibility index (Phi) is 4.25. The van der Waals surface area contributed by atoms with E-state index in [1.165, 1.54) is 62.9 Å². The molecule has 1 atom stereocenters. The normalized spacial score (nSPS) is 25.5. The predicted molar refractivity (Wildman–Crippen MR) is 82.6 cm³/mol. The van der Waals surface area contributed by atoms with E-state index in [1.54, 1.807) is 0 Å². The van der Waals surface area contributed by atoms with Crippen molar-refractivity contribution in [1.82, 2.24) is 4.90 Å². The molecule has 2 aliphatic rings. The van der Waals surface area contributed by atoms with Crippen LogP contribution in [0.15, 0.2) is 17.5 Å². The van der Waals surface area contributed by atoms with Gasteiger partial charge in [0.1, 0.15) is 0 Å². The second kappa shape index (κ2) is 5.94. The molecule has 106 valence electrons. The third-order valence-electron chi connectivity index (χ3n) is 5.15. The van der Waals surface area contributed by atoms with Gasteiger partial charge < -0.3 is 5.73 Å². The lowest BCUT2D eigenvalue weighted by Gasteiger charge is -2.47. The first-order valence-electron chi connectivity index (χ1n) is 7.84. The van der Waals surface area contributed by atoms with Gasteiger partial charge in [0.25, 0.3) is 0 Å². The van der Waals surface area contributed by atoms with Crippen molar-refractivity contribution in [3.05, 3.63) is 22.4 Å². The maximum Gasteiger partial charge on any atom is 0.0363 e. The van der Waals surface area contributed by atoms with Crippen molar-refractivity contribution in [2.75, 3.05) is 13.1 Å². The van der Waals surface area contributed by atoms with Crippen molar-refractivity contribution in [1.29, 1.82) is 0 Å². The van der Waals surface area contributed by atoms with Crippen molar-refractivity contribution in [3.8, 4) is 0 Å². The summed E-state index contributed by atoms with van der Waals surface area (Å²) >= 11 is 1.86. The van der Waals surface area contributed by atoms with E-state index >= 15 is 0 Å². The number of thiophene rings is 1. The molecule has 3 heteroatoms. The topological polar surface area (TPSA) is 29.3 Å². The highest BCUT2D eigenvalue weighted by molar-refractivity contribution is 7.09. The lowest BCUT2D eigenvalue weighted by atomic mass is 9.83. The minimum absolute atomic E-state index is 0.310. The van der Waals surface area contributed by atoms with Crippen molar-refractivity contribution >= 4 is 11.3 Å². The molecule has 0 bridgehead atoms. The van der Waals surface area contributed by atoms with Crippen LogP contribution in [-0.2, 0) is 6.42 Å². The second-order valence-corrected chi connectivity index (χ2v) is 7.28. The second-order valence-electron chi connectivity index (χ2n) is 6.25. The lowest BCUT2D eigenvalue weighted by Crippen LogP contribution is -2.60. The van der Waals surface area contributed by atoms with Crippen LogP contribution in [0.3, 0.4) is 0 Å². The number of likely N-dealkylation sites (tertiary alicyclic amines) is 1. The average Bonchev–Trinajstić information content (AvgIpc) is 3.11. The van der Waals surface area contributed by atoms with Gasteiger partial charge in [0.2, 0.25) is 0 Å². The fourth-order valence-corrected chi connectivity index (χ4v) is 4.85. The summed E-state index contributed by atoms with van der Waals surface area (Å²) in [5, 5.41) is 2.17. The van der Waals surface area contributed by atoms with Gasteiger partial charge in [0.15, 0.2) is 0 Å². The summed E-state index contributed by atoms with van der Waals surface area (Å²) in [6.45, 7) is 2.55. The third kappa shape index (κ3) is 2.74. The van der Waals surface area contributed by atoms with E-state index in [-0.39, 0.29) is 0 Å². The van der Waals surface area contributed by atoms with Crippen LogP contribution in [0.1, 0.15) is 49.8 Å². The average molecular weight is 278 g/mol. The number of nitrogens with zero attached hydrogens (tertiary/aromatic N) is 1. The Hall–Kier alpha value is -0.380. The summed E-state index contributed by atoms with van der Waals surface area (Å²) in [7, 11) is 0. The largest absolute Gasteiger partial charge is 0.326 e. The Labute approximate surface area is 121 Å². The fourth-order valence-electron chi connectivity index (χ4n) is 4.08. The molecule has 2 N–H and O–H groups in total. The van der Waals surface area contributed by atoms with E-state index in [4.69, 9.17) is 5.73 Å². The zero-order valence-corrected chi connectivity index (χ0v) is 12.6. The Morgan fingerprint density at radius 2 is 1.89 bits per heavy atom. The van der Waals surface area contributed by atoms with Crippen LogP contribution in [0.25, 0.3) is 0 Å². The molecule has 1 saturated carbocycles. The zero-order valence-electron chi connectivity index (χ0n) is 11.8. The van der Waals surface area contributed by atoms with E-state index in [2.05, 4.69) is 22.4 Å². The molecule has 1 aliphatic carbocycles. The van der Waals surface area contributed by atoms with Crippen molar-refractivity contribution < 1.29 is 0 Å². The van der Waals surface area contributed by atoms with Crippen LogP contribution in [0.4, 0.5) is 0 Å². The minimum Gasteiger partial charge on any atom is -0.326 e. The van der Waals surface area contributed by atoms with Gasteiger partial charge in [-0.1, -0.05) is 25.3 Å². The first kappa shape index (κ1) is 13.6. The summed E-state index contributed by atoms with van der Waals surface area (Å²) in [5.41, 5.74) is 7.01. The first-order chi connectivity index (χ1) is 9.31. The molecule has 2 nitrogen and oxygen atoms in total. The lowest BCUT2D eigenvalue weighted by molar-refractivity contribution is 0.0484. The van der Waals surface area contributed by atoms with Crippen LogP contribution < -0.4 is 5.73 Å². The quantitative estimate of drug-likeness (QED) is 0.914. The van der Waals surface area contributed by atoms with Crippen molar-refractivity contribution in [2.24, 2.45) is 5.73 Å². The molecule has 19 heavy (non-hydrogen) atoms. The standard InChI is InChI=1S/C16H26N2S/c17-15(13-14-7-6-12-19-14)16(8-2-3-9-16)18-10-4-1-5-11-18/h6-7,12,15H,1-5,8-11,13,17H2. The van der Waals surface area contributed by atoms with Gasteiger partial charge in [0.05, 0.1) is 0 Å². The van der Waals surface area contributed by atoms with Crippen LogP contribution in [-0.4, -0.2) is 29.6 Å². The summed E-state index contributed by atoms with van der Waals surface area (Å²) < 4.78 is 0. The maximum absolute atomic E-state index is 6.70. The summed E-state index contributed by atoms with van der Waals surface area (Å²) in [5.74, 6) is 0. The molecule has 1 saturated heterocycles. The number of hydrogen-bond acceptors (Lipinski definition) is 3. The smallest absolute Gasteiger partial charge is 0.0363 e. The van der Waals surface area contributed by atoms with Gasteiger partial charge in [-0.15, -0.1) is 11.3 Å². The first-order valence-corrected chi connectivity index (χ1v) is 8.72. The Morgan fingerprint density at radius 3 is 2.53 bits per heavy atom. The highest BCUT2D eigenvalue weighted by Gasteiger charge is 2.44. The molecule has 2 fully saturated rings. The summed E-state index contributed by atoms with van der Waals surface area (Å²) in [6.07, 6.45) is 10.6. The third-order valence-corrected chi connectivity index (χ3v) is 6.05. The number of piperidine rings is 1. The van der Waals surface area contributed by atoms with E-state index in [9.17, 15) is 0 Å². The van der Waals surface area contributed by atoms with Gasteiger partial charge in [0, 0.05) is 16.5 Å². The molecule has 1 unspecified atom stereocenters. The van der Waals surface area contributed by atoms with E-state index in [0.717, 1.165) is 6.42 Å². The molecule has 1 aromatic rings. The highest BCUT2D eigenvalue weighted by atomic mass is 32.1. The molecule has 1 aliphatic heterocycles. The Morgan fingerprint density at radius 1 is 1.16 bits per heavy atom. The van der Waals surface area contributed by atoms with Gasteiger partial charge >= 0.3 is 0 Å².